The SMILES string of the molecule is Cc1cc(NC(=O)C2(C(C)C)CCNC2)n(C)n1. The van der Waals surface area contributed by atoms with Crippen molar-refractivity contribution < 1.29 is 4.79 Å². The van der Waals surface area contributed by atoms with E-state index in [0.717, 1.165) is 31.0 Å². The van der Waals surface area contributed by atoms with Gasteiger partial charge in [-0.1, -0.05) is 13.8 Å². The van der Waals surface area contributed by atoms with Crippen LogP contribution in [0.2, 0.25) is 0 Å². The molecule has 100 valence electrons. The molecule has 1 saturated heterocycles. The third-order valence-corrected chi connectivity index (χ3v) is 3.99. The van der Waals surface area contributed by atoms with E-state index >= 15 is 0 Å². The first-order valence-corrected chi connectivity index (χ1v) is 6.48. The molecule has 2 heterocycles. The molecule has 0 bridgehead atoms. The van der Waals surface area contributed by atoms with E-state index in [1.54, 1.807) is 4.68 Å². The average molecular weight is 250 g/mol. The van der Waals surface area contributed by atoms with Crippen molar-refractivity contribution in [3.63, 3.8) is 0 Å². The van der Waals surface area contributed by atoms with Crippen molar-refractivity contribution in [3.05, 3.63) is 11.8 Å². The zero-order valence-corrected chi connectivity index (χ0v) is 11.6. The van der Waals surface area contributed by atoms with E-state index in [9.17, 15) is 4.79 Å². The van der Waals surface area contributed by atoms with Crippen LogP contribution in [0.1, 0.15) is 26.0 Å². The number of carbonyl (C=O) groups excluding carboxylic acids is 1. The lowest BCUT2D eigenvalue weighted by atomic mass is 9.75. The van der Waals surface area contributed by atoms with Crippen molar-refractivity contribution >= 4 is 11.7 Å². The van der Waals surface area contributed by atoms with E-state index in [1.807, 2.05) is 20.0 Å². The van der Waals surface area contributed by atoms with Crippen LogP contribution in [-0.2, 0) is 11.8 Å². The van der Waals surface area contributed by atoms with Gasteiger partial charge >= 0.3 is 0 Å². The number of hydrogen-bond acceptors (Lipinski definition) is 3. The van der Waals surface area contributed by atoms with Crippen molar-refractivity contribution in [2.75, 3.05) is 18.4 Å². The summed E-state index contributed by atoms with van der Waals surface area (Å²) in [4.78, 5) is 12.5. The lowest BCUT2D eigenvalue weighted by molar-refractivity contribution is -0.126. The van der Waals surface area contributed by atoms with E-state index in [-0.39, 0.29) is 11.3 Å². The predicted molar refractivity (Wildman–Crippen MR) is 71.3 cm³/mol. The van der Waals surface area contributed by atoms with Crippen LogP contribution in [-0.4, -0.2) is 28.8 Å². The van der Waals surface area contributed by atoms with Crippen LogP contribution >= 0.6 is 0 Å². The summed E-state index contributed by atoms with van der Waals surface area (Å²) in [5.74, 6) is 1.19. The molecule has 2 N–H and O–H groups in total. The zero-order chi connectivity index (χ0) is 13.3. The largest absolute Gasteiger partial charge is 0.316 e. The topological polar surface area (TPSA) is 59.0 Å². The number of aryl methyl sites for hydroxylation is 2. The maximum atomic E-state index is 12.5. The molecule has 2 rings (SSSR count). The summed E-state index contributed by atoms with van der Waals surface area (Å²) in [6.07, 6.45) is 0.896. The number of aromatic nitrogens is 2. The Balaban J connectivity index is 2.18. The molecule has 1 fully saturated rings. The fourth-order valence-corrected chi connectivity index (χ4v) is 2.63. The molecule has 1 aromatic rings. The highest BCUT2D eigenvalue weighted by atomic mass is 16.2. The summed E-state index contributed by atoms with van der Waals surface area (Å²) in [6, 6.07) is 1.90. The Morgan fingerprint density at radius 1 is 1.61 bits per heavy atom. The first kappa shape index (κ1) is 13.1. The van der Waals surface area contributed by atoms with Crippen LogP contribution in [0.4, 0.5) is 5.82 Å². The highest BCUT2D eigenvalue weighted by molar-refractivity contribution is 5.95. The van der Waals surface area contributed by atoms with Gasteiger partial charge in [0.2, 0.25) is 5.91 Å². The molecule has 1 atom stereocenters. The summed E-state index contributed by atoms with van der Waals surface area (Å²) in [6.45, 7) is 7.82. The monoisotopic (exact) mass is 250 g/mol. The van der Waals surface area contributed by atoms with Gasteiger partial charge in [0, 0.05) is 19.7 Å². The van der Waals surface area contributed by atoms with Gasteiger partial charge < -0.3 is 10.6 Å². The maximum Gasteiger partial charge on any atom is 0.233 e. The number of anilines is 1. The van der Waals surface area contributed by atoms with E-state index in [2.05, 4.69) is 29.6 Å². The highest BCUT2D eigenvalue weighted by Gasteiger charge is 2.44. The molecule has 0 radical (unpaired) electrons. The molecule has 18 heavy (non-hydrogen) atoms. The second kappa shape index (κ2) is 4.72. The summed E-state index contributed by atoms with van der Waals surface area (Å²) >= 11 is 0. The minimum Gasteiger partial charge on any atom is -0.316 e. The molecule has 1 aromatic heterocycles. The van der Waals surface area contributed by atoms with Gasteiger partial charge in [0.15, 0.2) is 0 Å². The van der Waals surface area contributed by atoms with Crippen molar-refractivity contribution in [3.8, 4) is 0 Å². The number of nitrogens with zero attached hydrogens (tertiary/aromatic N) is 2. The standard InChI is InChI=1S/C13H22N4O/c1-9(2)13(5-6-14-8-13)12(18)15-11-7-10(3)16-17(11)4/h7,9,14H,5-6,8H2,1-4H3,(H,15,18). The van der Waals surface area contributed by atoms with Crippen LogP contribution in [0.25, 0.3) is 0 Å². The van der Waals surface area contributed by atoms with E-state index in [0.29, 0.717) is 5.92 Å². The lowest BCUT2D eigenvalue weighted by Gasteiger charge is -2.30. The first-order valence-electron chi connectivity index (χ1n) is 6.48. The molecule has 1 aliphatic heterocycles. The molecule has 1 aliphatic rings. The fraction of sp³-hybridized carbons (Fsp3) is 0.692. The number of carbonyl (C=O) groups is 1. The van der Waals surface area contributed by atoms with Gasteiger partial charge in [-0.05, 0) is 25.8 Å². The minimum absolute atomic E-state index is 0.102. The fourth-order valence-electron chi connectivity index (χ4n) is 2.63. The molecule has 5 nitrogen and oxygen atoms in total. The number of rotatable bonds is 3. The Morgan fingerprint density at radius 2 is 2.33 bits per heavy atom. The number of nitrogens with one attached hydrogen (secondary N) is 2. The Bertz CT molecular complexity index is 444. The average Bonchev–Trinajstić information content (AvgIpc) is 2.87. The van der Waals surface area contributed by atoms with E-state index in [1.165, 1.54) is 0 Å². The third kappa shape index (κ3) is 2.14. The second-order valence-corrected chi connectivity index (χ2v) is 5.49. The summed E-state index contributed by atoms with van der Waals surface area (Å²) < 4.78 is 1.71. The molecular weight excluding hydrogens is 228 g/mol. The number of hydrogen-bond donors (Lipinski definition) is 2. The maximum absolute atomic E-state index is 12.5. The van der Waals surface area contributed by atoms with Gasteiger partial charge in [-0.3, -0.25) is 9.48 Å². The van der Waals surface area contributed by atoms with Crippen molar-refractivity contribution in [1.82, 2.24) is 15.1 Å². The first-order chi connectivity index (χ1) is 8.45. The molecule has 5 heteroatoms. The molecule has 1 unspecified atom stereocenters. The van der Waals surface area contributed by atoms with Gasteiger partial charge in [0.1, 0.15) is 5.82 Å². The quantitative estimate of drug-likeness (QED) is 0.850. The summed E-state index contributed by atoms with van der Waals surface area (Å²) in [5.41, 5.74) is 0.619. The van der Waals surface area contributed by atoms with E-state index < -0.39 is 0 Å². The summed E-state index contributed by atoms with van der Waals surface area (Å²) in [5, 5.41) is 10.6. The molecule has 0 aromatic carbocycles. The molecule has 0 spiro atoms. The van der Waals surface area contributed by atoms with Crippen LogP contribution < -0.4 is 10.6 Å². The van der Waals surface area contributed by atoms with Gasteiger partial charge in [-0.15, -0.1) is 0 Å². The Morgan fingerprint density at radius 3 is 2.78 bits per heavy atom. The zero-order valence-electron chi connectivity index (χ0n) is 11.6. The van der Waals surface area contributed by atoms with Crippen molar-refractivity contribution in [1.29, 1.82) is 0 Å². The Labute approximate surface area is 108 Å². The van der Waals surface area contributed by atoms with Crippen molar-refractivity contribution in [2.45, 2.75) is 27.2 Å². The molecule has 1 amide bonds. The van der Waals surface area contributed by atoms with Gasteiger partial charge in [-0.2, -0.15) is 5.10 Å². The van der Waals surface area contributed by atoms with Crippen molar-refractivity contribution in [2.24, 2.45) is 18.4 Å². The van der Waals surface area contributed by atoms with E-state index in [4.69, 9.17) is 0 Å². The molecule has 0 aliphatic carbocycles. The highest BCUT2D eigenvalue weighted by Crippen LogP contribution is 2.35. The lowest BCUT2D eigenvalue weighted by Crippen LogP contribution is -2.42. The smallest absolute Gasteiger partial charge is 0.233 e. The second-order valence-electron chi connectivity index (χ2n) is 5.49. The Kier molecular flexibility index (Phi) is 3.43. The molecular formula is C13H22N4O. The van der Waals surface area contributed by atoms with Gasteiger partial charge in [0.05, 0.1) is 11.1 Å². The third-order valence-electron chi connectivity index (χ3n) is 3.99. The van der Waals surface area contributed by atoms with Gasteiger partial charge in [0.25, 0.3) is 0 Å². The predicted octanol–water partition coefficient (Wildman–Crippen LogP) is 1.30. The van der Waals surface area contributed by atoms with Crippen LogP contribution in [0, 0.1) is 18.3 Å². The minimum atomic E-state index is -0.293. The van der Waals surface area contributed by atoms with Crippen LogP contribution in [0.15, 0.2) is 6.07 Å². The normalized spacial score (nSPS) is 23.6. The Hall–Kier alpha value is -1.36. The summed E-state index contributed by atoms with van der Waals surface area (Å²) in [7, 11) is 1.84. The van der Waals surface area contributed by atoms with Crippen LogP contribution in [0.3, 0.4) is 0 Å². The van der Waals surface area contributed by atoms with Crippen LogP contribution in [0.5, 0.6) is 0 Å². The molecule has 0 saturated carbocycles. The van der Waals surface area contributed by atoms with Gasteiger partial charge in [-0.25, -0.2) is 0 Å². The number of amides is 1.